The maximum atomic E-state index is 12.4. The molecule has 93 heavy (non-hydrogen) atoms. The molecule has 0 atom stereocenters. The van der Waals surface area contributed by atoms with Gasteiger partial charge in [0.05, 0.1) is 0 Å². The van der Waals surface area contributed by atoms with Gasteiger partial charge in [-0.2, -0.15) is 0 Å². The minimum absolute atomic E-state index is 0. The lowest BCUT2D eigenvalue weighted by Gasteiger charge is -2.42. The molecule has 4 aromatic rings. The number of para-hydroxylation sites is 4. The Morgan fingerprint density at radius 1 is 0.419 bits per heavy atom. The Morgan fingerprint density at radius 2 is 0.753 bits per heavy atom. The van der Waals surface area contributed by atoms with E-state index in [0.29, 0.717) is 32.6 Å². The molecule has 4 spiro atoms. The van der Waals surface area contributed by atoms with Gasteiger partial charge in [0.15, 0.2) is 0 Å². The molecule has 4 fully saturated rings. The first-order valence-corrected chi connectivity index (χ1v) is 34.3. The molecule has 12 rings (SSSR count). The number of fused-ring (bicyclic) bond motifs is 8. The van der Waals surface area contributed by atoms with E-state index < -0.39 is 16.8 Å². The van der Waals surface area contributed by atoms with Crippen molar-refractivity contribution in [2.75, 3.05) is 92.4 Å². The fourth-order valence-electron chi connectivity index (χ4n) is 15.6. The van der Waals surface area contributed by atoms with Crippen LogP contribution < -0.4 is 25.8 Å². The number of nitrogens with one attached hydrogen (secondary N) is 3. The standard InChI is InChI=1S/C21H30N2O3.C19H26N2O3.C19H28N2O2.C16H22N2O.FH.2H2/c1-16(24)23-13-7-10-21(17-8-5-6-9-18(17)23)11-14-22(15-12-21)19(25)26-20(2,3)4;1-18(2,3)24-17(23)21-12-10-19(11-13-21)9-8-16(22)20-15-7-5-4-6-14(15)19;1-18(2,3)23-17(22)21-13-10-19(11-14-21)9-6-12-20-16-8-5-4-7-15(16)19;1-13(19)18-12-4-7-16(8-10-17-11-9-16)14-5-2-3-6-15(14)18;;;/h5-6,8-9H,7,10-15H2,1-4H3;4-7H,8-13H2,1-3H3,(H,20,22);4-5,7-8,20H,6,9-14H2,1-3H3;2-3,5-6,17H,4,7-12H2,1H3;3*1H/i;;;;;1+1;. The number of piperidine rings is 4. The lowest BCUT2D eigenvalue weighted by Crippen LogP contribution is -2.46. The summed E-state index contributed by atoms with van der Waals surface area (Å²) < 4.78 is 16.5. The van der Waals surface area contributed by atoms with Crippen molar-refractivity contribution in [3.63, 3.8) is 0 Å². The molecule has 18 heteroatoms. The van der Waals surface area contributed by atoms with E-state index in [1.54, 1.807) is 18.7 Å². The van der Waals surface area contributed by atoms with Gasteiger partial charge in [-0.05, 0) is 224 Å². The van der Waals surface area contributed by atoms with Crippen molar-refractivity contribution >= 4 is 58.8 Å². The number of likely N-dealkylation sites (tertiary alicyclic amines) is 3. The Balaban J connectivity index is 0.000000199. The van der Waals surface area contributed by atoms with Crippen LogP contribution in [0, 0.1) is 0 Å². The number of nitrogens with zero attached hydrogens (tertiary/aromatic N) is 5. The topological polar surface area (TPSA) is 182 Å². The zero-order chi connectivity index (χ0) is 66.1. The van der Waals surface area contributed by atoms with Crippen molar-refractivity contribution in [1.29, 1.82) is 0 Å². The zero-order valence-corrected chi connectivity index (χ0v) is 57.6. The molecule has 3 N–H and O–H groups in total. The molecule has 17 nitrogen and oxygen atoms in total. The third-order valence-electron chi connectivity index (χ3n) is 20.3. The van der Waals surface area contributed by atoms with Gasteiger partial charge in [-0.1, -0.05) is 72.8 Å². The summed E-state index contributed by atoms with van der Waals surface area (Å²) in [7, 11) is 0. The van der Waals surface area contributed by atoms with Gasteiger partial charge in [0.25, 0.3) is 0 Å². The number of anilines is 4. The maximum absolute atomic E-state index is 12.4. The van der Waals surface area contributed by atoms with Crippen LogP contribution in [0.1, 0.15) is 204 Å². The van der Waals surface area contributed by atoms with E-state index in [1.165, 1.54) is 60.0 Å². The minimum atomic E-state index is -0.475. The van der Waals surface area contributed by atoms with E-state index >= 15 is 0 Å². The van der Waals surface area contributed by atoms with Gasteiger partial charge in [-0.25, -0.2) is 14.4 Å². The highest BCUT2D eigenvalue weighted by atomic mass is 19.0. The van der Waals surface area contributed by atoms with Crippen LogP contribution in [0.3, 0.4) is 0 Å². The van der Waals surface area contributed by atoms with Gasteiger partial charge < -0.3 is 54.7 Å². The van der Waals surface area contributed by atoms with Crippen LogP contribution in [-0.2, 0) is 50.3 Å². The highest BCUT2D eigenvalue weighted by Crippen LogP contribution is 2.49. The van der Waals surface area contributed by atoms with Crippen molar-refractivity contribution < 1.29 is 50.5 Å². The normalized spacial score (nSPS) is 20.2. The van der Waals surface area contributed by atoms with Gasteiger partial charge in [0.2, 0.25) is 17.7 Å². The van der Waals surface area contributed by atoms with Gasteiger partial charge in [0, 0.05) is 121 Å². The molecule has 8 aliphatic rings. The molecule has 8 heterocycles. The Morgan fingerprint density at radius 3 is 1.16 bits per heavy atom. The van der Waals surface area contributed by atoms with Crippen LogP contribution in [0.15, 0.2) is 97.1 Å². The predicted molar refractivity (Wildman–Crippen MR) is 373 cm³/mol. The number of halogens is 1. The smallest absolute Gasteiger partial charge is 0.410 e. The van der Waals surface area contributed by atoms with Gasteiger partial charge in [-0.15, -0.1) is 0 Å². The molecule has 8 aliphatic heterocycles. The predicted octanol–water partition coefficient (Wildman–Crippen LogP) is 15.0. The number of benzene rings is 4. The monoisotopic (exact) mass is 1290 g/mol. The quantitative estimate of drug-likeness (QED) is 0.142. The Labute approximate surface area is 556 Å². The van der Waals surface area contributed by atoms with Gasteiger partial charge in [-0.3, -0.25) is 19.1 Å². The van der Waals surface area contributed by atoms with Crippen LogP contribution in [0.2, 0.25) is 0 Å². The van der Waals surface area contributed by atoms with Crippen LogP contribution in [-0.4, -0.2) is 139 Å². The number of ether oxygens (including phenoxy) is 3. The minimum Gasteiger partial charge on any atom is -0.444 e. The summed E-state index contributed by atoms with van der Waals surface area (Å²) in [6.07, 6.45) is 15.4. The number of hydrogen-bond acceptors (Lipinski definition) is 11. The first-order valence-electron chi connectivity index (χ1n) is 34.3. The second-order valence-corrected chi connectivity index (χ2v) is 30.0. The van der Waals surface area contributed by atoms with Crippen LogP contribution >= 0.6 is 0 Å². The molecule has 512 valence electrons. The molecule has 6 amide bonds. The molecule has 0 aliphatic carbocycles. The van der Waals surface area contributed by atoms with E-state index in [2.05, 4.69) is 88.7 Å². The molecule has 0 saturated carbocycles. The van der Waals surface area contributed by atoms with Crippen molar-refractivity contribution in [2.24, 2.45) is 0 Å². The fraction of sp³-hybridized carbons (Fsp3) is 0.600. The highest BCUT2D eigenvalue weighted by Gasteiger charge is 2.45. The summed E-state index contributed by atoms with van der Waals surface area (Å²) in [4.78, 5) is 82.3. The molecule has 4 saturated heterocycles. The SMILES string of the molecule is CC(=O)N1CCCC2(CCN(C(=O)OC(C)(C)C)CC2)c2ccccc21.CC(=O)N1CCCC2(CCNCC2)c2ccccc21.CC(C)(C)OC(=O)N1CCC2(CCC(=O)Nc3ccccc32)CC1.CC(C)(C)OC(=O)N1CCC2(CCCNc3ccccc32)CC1.F.[2HH].[HH]. The molecular formula is C75H111FN8O9. The lowest BCUT2D eigenvalue weighted by atomic mass is 9.70. The number of carbonyl (C=O) groups is 6. The van der Waals surface area contributed by atoms with E-state index in [1.807, 2.05) is 106 Å². The second-order valence-electron chi connectivity index (χ2n) is 30.0. The molecule has 4 aromatic carbocycles. The van der Waals surface area contributed by atoms with Crippen molar-refractivity contribution in [3.8, 4) is 0 Å². The maximum Gasteiger partial charge on any atom is 0.410 e. The molecule has 0 aromatic heterocycles. The van der Waals surface area contributed by atoms with Gasteiger partial charge >= 0.3 is 18.3 Å². The van der Waals surface area contributed by atoms with Crippen LogP contribution in [0.25, 0.3) is 0 Å². The zero-order valence-electron chi connectivity index (χ0n) is 57.6. The lowest BCUT2D eigenvalue weighted by molar-refractivity contribution is -0.117. The van der Waals surface area contributed by atoms with Gasteiger partial charge in [0.1, 0.15) is 16.8 Å². The van der Waals surface area contributed by atoms with E-state index in [-0.39, 0.29) is 65.2 Å². The van der Waals surface area contributed by atoms with Crippen molar-refractivity contribution in [2.45, 2.75) is 217 Å². The summed E-state index contributed by atoms with van der Waals surface area (Å²) in [5, 5.41) is 10.0. The first-order chi connectivity index (χ1) is 43.6. The molecule has 0 bridgehead atoms. The number of rotatable bonds is 0. The first kappa shape index (κ1) is 71.6. The summed E-state index contributed by atoms with van der Waals surface area (Å²) >= 11 is 0. The molecular weight excluding hydrogens is 1180 g/mol. The molecule has 0 unspecified atom stereocenters. The summed E-state index contributed by atoms with van der Waals surface area (Å²) in [5.41, 5.74) is 8.81. The number of amides is 6. The highest BCUT2D eigenvalue weighted by molar-refractivity contribution is 5.94. The van der Waals surface area contributed by atoms with E-state index in [9.17, 15) is 28.8 Å². The summed E-state index contributed by atoms with van der Waals surface area (Å²) in [6.45, 7) is 29.6. The number of carbonyl (C=O) groups excluding carboxylic acids is 6. The molecule has 0 radical (unpaired) electrons. The second kappa shape index (κ2) is 30.0. The Bertz CT molecular complexity index is 3240. The third kappa shape index (κ3) is 17.6. The van der Waals surface area contributed by atoms with Crippen molar-refractivity contribution in [1.82, 2.24) is 20.0 Å². The Kier molecular flexibility index (Phi) is 23.1. The van der Waals surface area contributed by atoms with E-state index in [0.717, 1.165) is 127 Å². The van der Waals surface area contributed by atoms with Crippen LogP contribution in [0.4, 0.5) is 41.8 Å². The third-order valence-corrected chi connectivity index (χ3v) is 20.3. The summed E-state index contributed by atoms with van der Waals surface area (Å²) in [5.74, 6) is 0.341. The fourth-order valence-corrected chi connectivity index (χ4v) is 15.6. The average Bonchev–Trinajstić information content (AvgIpc) is 1.77. The number of hydrogen-bond donors (Lipinski definition) is 3. The van der Waals surface area contributed by atoms with Crippen molar-refractivity contribution in [3.05, 3.63) is 119 Å². The summed E-state index contributed by atoms with van der Waals surface area (Å²) in [6, 6.07) is 33.6. The van der Waals surface area contributed by atoms with Crippen LogP contribution in [0.5, 0.6) is 0 Å². The van der Waals surface area contributed by atoms with E-state index in [4.69, 9.17) is 14.2 Å². The average molecular weight is 1290 g/mol. The Hall–Kier alpha value is -7.21. The largest absolute Gasteiger partial charge is 0.444 e.